The molecule has 0 fully saturated rings. The van der Waals surface area contributed by atoms with E-state index in [2.05, 4.69) is 15.3 Å². The number of azide groups is 1. The molecule has 9 heteroatoms. The molecule has 4 N–H and O–H groups in total. The number of ether oxygens (including phenoxy) is 1. The van der Waals surface area contributed by atoms with Crippen molar-refractivity contribution in [3.8, 4) is 0 Å². The Kier molecular flexibility index (Phi) is 7.98. The molecule has 0 aliphatic heterocycles. The van der Waals surface area contributed by atoms with Crippen molar-refractivity contribution in [1.29, 1.82) is 0 Å². The number of rotatable bonds is 9. The van der Waals surface area contributed by atoms with Gasteiger partial charge >= 0.3 is 12.1 Å². The highest BCUT2D eigenvalue weighted by molar-refractivity contribution is 5.79. The molecule has 0 aliphatic carbocycles. The van der Waals surface area contributed by atoms with E-state index in [1.165, 1.54) is 0 Å². The van der Waals surface area contributed by atoms with Gasteiger partial charge in [0.25, 0.3) is 0 Å². The summed E-state index contributed by atoms with van der Waals surface area (Å²) in [7, 11) is 0. The fourth-order valence-electron chi connectivity index (χ4n) is 1.86. The van der Waals surface area contributed by atoms with Crippen LogP contribution in [0.25, 0.3) is 10.4 Å². The Morgan fingerprint density at radius 2 is 2.13 bits per heavy atom. The molecular formula is C14H19N5O4. The summed E-state index contributed by atoms with van der Waals surface area (Å²) in [5.74, 6) is -1.13. The lowest BCUT2D eigenvalue weighted by molar-refractivity contribution is -0.139. The van der Waals surface area contributed by atoms with Gasteiger partial charge in [-0.05, 0) is 36.9 Å². The number of carbonyl (C=O) groups is 2. The first-order valence-electron chi connectivity index (χ1n) is 7.07. The fourth-order valence-corrected chi connectivity index (χ4v) is 1.86. The summed E-state index contributed by atoms with van der Waals surface area (Å²) in [5, 5.41) is 14.8. The average molecular weight is 321 g/mol. The van der Waals surface area contributed by atoms with E-state index in [0.29, 0.717) is 30.6 Å². The van der Waals surface area contributed by atoms with Gasteiger partial charge in [0.05, 0.1) is 0 Å². The molecule has 0 aromatic heterocycles. The van der Waals surface area contributed by atoms with Crippen LogP contribution in [-0.2, 0) is 16.1 Å². The number of nitrogens with zero attached hydrogens (tertiary/aromatic N) is 3. The number of nitrogens with two attached hydrogens (primary N) is 1. The number of hydrogen-bond acceptors (Lipinski definition) is 5. The van der Waals surface area contributed by atoms with Gasteiger partial charge in [-0.15, -0.1) is 0 Å². The van der Waals surface area contributed by atoms with E-state index in [0.717, 1.165) is 0 Å². The van der Waals surface area contributed by atoms with Gasteiger partial charge < -0.3 is 20.9 Å². The number of benzene rings is 1. The number of unbranched alkanes of at least 4 members (excludes halogenated alkanes) is 1. The van der Waals surface area contributed by atoms with Gasteiger partial charge in [0.1, 0.15) is 12.6 Å². The Labute approximate surface area is 133 Å². The van der Waals surface area contributed by atoms with Crippen molar-refractivity contribution in [2.75, 3.05) is 6.54 Å². The summed E-state index contributed by atoms with van der Waals surface area (Å²) in [6.07, 6.45) is 0.700. The maximum atomic E-state index is 11.7. The number of aliphatic carboxylic acids is 1. The Bertz CT molecular complexity index is 586. The third kappa shape index (κ3) is 6.68. The van der Waals surface area contributed by atoms with Crippen LogP contribution in [0.4, 0.5) is 10.5 Å². The minimum absolute atomic E-state index is 0.129. The lowest BCUT2D eigenvalue weighted by Gasteiger charge is -2.14. The Morgan fingerprint density at radius 1 is 1.39 bits per heavy atom. The Hall–Kier alpha value is -2.77. The molecule has 1 rings (SSSR count). The minimum atomic E-state index is -1.13. The molecule has 23 heavy (non-hydrogen) atoms. The number of carboxylic acids is 1. The van der Waals surface area contributed by atoms with E-state index >= 15 is 0 Å². The minimum Gasteiger partial charge on any atom is -0.480 e. The van der Waals surface area contributed by atoms with Crippen molar-refractivity contribution in [2.45, 2.75) is 31.9 Å². The maximum absolute atomic E-state index is 11.7. The van der Waals surface area contributed by atoms with Crippen LogP contribution < -0.4 is 11.1 Å². The molecule has 1 atom stereocenters. The van der Waals surface area contributed by atoms with Crippen molar-refractivity contribution in [2.24, 2.45) is 10.8 Å². The van der Waals surface area contributed by atoms with Crippen LogP contribution in [0.1, 0.15) is 24.8 Å². The number of hydrogen-bond donors (Lipinski definition) is 3. The van der Waals surface area contributed by atoms with Gasteiger partial charge in [-0.3, -0.25) is 0 Å². The first-order chi connectivity index (χ1) is 11.1. The van der Waals surface area contributed by atoms with Crippen molar-refractivity contribution >= 4 is 17.7 Å². The molecule has 0 saturated heterocycles. The number of carboxylic acid groups (broad SMARTS) is 1. The summed E-state index contributed by atoms with van der Waals surface area (Å²) >= 11 is 0. The van der Waals surface area contributed by atoms with Gasteiger partial charge in [0.15, 0.2) is 0 Å². The molecule has 1 unspecified atom stereocenters. The normalized spacial score (nSPS) is 11.2. The van der Waals surface area contributed by atoms with Crippen LogP contribution >= 0.6 is 0 Å². The second-order valence-corrected chi connectivity index (χ2v) is 4.71. The largest absolute Gasteiger partial charge is 0.480 e. The molecule has 124 valence electrons. The molecule has 9 nitrogen and oxygen atoms in total. The monoisotopic (exact) mass is 321 g/mol. The fraction of sp³-hybridized carbons (Fsp3) is 0.429. The smallest absolute Gasteiger partial charge is 0.408 e. The van der Waals surface area contributed by atoms with Gasteiger partial charge in [-0.1, -0.05) is 29.4 Å². The van der Waals surface area contributed by atoms with Crippen LogP contribution in [0, 0.1) is 0 Å². The molecular weight excluding hydrogens is 302 g/mol. The summed E-state index contributed by atoms with van der Waals surface area (Å²) in [4.78, 5) is 25.5. The van der Waals surface area contributed by atoms with Crippen LogP contribution in [-0.4, -0.2) is 29.8 Å². The number of alkyl carbamates (subject to hydrolysis) is 1. The van der Waals surface area contributed by atoms with E-state index in [1.54, 1.807) is 24.3 Å². The zero-order valence-electron chi connectivity index (χ0n) is 12.5. The van der Waals surface area contributed by atoms with Crippen molar-refractivity contribution < 1.29 is 19.4 Å². The topological polar surface area (TPSA) is 150 Å². The zero-order valence-corrected chi connectivity index (χ0v) is 12.5. The van der Waals surface area contributed by atoms with Crippen LogP contribution in [0.5, 0.6) is 0 Å². The van der Waals surface area contributed by atoms with Gasteiger partial charge in [0, 0.05) is 10.6 Å². The molecule has 0 spiro atoms. The van der Waals surface area contributed by atoms with Gasteiger partial charge in [-0.25, -0.2) is 9.59 Å². The summed E-state index contributed by atoms with van der Waals surface area (Å²) in [6, 6.07) is 5.60. The zero-order chi connectivity index (χ0) is 17.1. The molecule has 1 aromatic rings. The number of nitrogens with one attached hydrogen (secondary N) is 1. The number of carbonyl (C=O) groups excluding carboxylic acids is 1. The third-order valence-electron chi connectivity index (χ3n) is 3.04. The Morgan fingerprint density at radius 3 is 2.78 bits per heavy atom. The highest BCUT2D eigenvalue weighted by atomic mass is 16.5. The van der Waals surface area contributed by atoms with E-state index < -0.39 is 18.1 Å². The summed E-state index contributed by atoms with van der Waals surface area (Å²) < 4.78 is 4.98. The third-order valence-corrected chi connectivity index (χ3v) is 3.04. The van der Waals surface area contributed by atoms with Gasteiger partial charge in [0.2, 0.25) is 0 Å². The van der Waals surface area contributed by atoms with E-state index in [9.17, 15) is 9.59 Å². The van der Waals surface area contributed by atoms with E-state index in [-0.39, 0.29) is 13.0 Å². The second kappa shape index (κ2) is 10.0. The highest BCUT2D eigenvalue weighted by Crippen LogP contribution is 2.19. The number of amides is 1. The van der Waals surface area contributed by atoms with Gasteiger partial charge in [-0.2, -0.15) is 0 Å². The van der Waals surface area contributed by atoms with Crippen molar-refractivity contribution in [1.82, 2.24) is 5.32 Å². The molecule has 0 aliphatic rings. The SMILES string of the molecule is [N-]=[N+]=Nc1ccccc1COC(=O)NC(CCCCN)C(=O)O. The molecule has 1 aromatic carbocycles. The van der Waals surface area contributed by atoms with Crippen LogP contribution in [0.15, 0.2) is 29.4 Å². The van der Waals surface area contributed by atoms with E-state index in [4.69, 9.17) is 21.1 Å². The molecule has 0 heterocycles. The van der Waals surface area contributed by atoms with Crippen LogP contribution in [0.2, 0.25) is 0 Å². The predicted molar refractivity (Wildman–Crippen MR) is 82.9 cm³/mol. The molecule has 0 saturated carbocycles. The molecule has 0 bridgehead atoms. The molecule has 0 radical (unpaired) electrons. The lowest BCUT2D eigenvalue weighted by atomic mass is 10.1. The van der Waals surface area contributed by atoms with Crippen LogP contribution in [0.3, 0.4) is 0 Å². The maximum Gasteiger partial charge on any atom is 0.408 e. The summed E-state index contributed by atoms with van der Waals surface area (Å²) in [5.41, 5.74) is 14.7. The first kappa shape index (κ1) is 18.3. The lowest BCUT2D eigenvalue weighted by Crippen LogP contribution is -2.41. The van der Waals surface area contributed by atoms with E-state index in [1.807, 2.05) is 0 Å². The Balaban J connectivity index is 2.55. The van der Waals surface area contributed by atoms with Crippen molar-refractivity contribution in [3.63, 3.8) is 0 Å². The summed E-state index contributed by atoms with van der Waals surface area (Å²) in [6.45, 7) is 0.336. The predicted octanol–water partition coefficient (Wildman–Crippen LogP) is 2.44. The highest BCUT2D eigenvalue weighted by Gasteiger charge is 2.20. The standard InChI is InChI=1S/C14H19N5O4/c15-8-4-3-7-12(13(20)21)17-14(22)23-9-10-5-1-2-6-11(10)18-19-16/h1-2,5-6,12H,3-4,7-9,15H2,(H,17,22)(H,20,21). The average Bonchev–Trinajstić information content (AvgIpc) is 2.53. The molecule has 1 amide bonds. The van der Waals surface area contributed by atoms with Crippen molar-refractivity contribution in [3.05, 3.63) is 40.3 Å². The quantitative estimate of drug-likeness (QED) is 0.276. The second-order valence-electron chi connectivity index (χ2n) is 4.71. The first-order valence-corrected chi connectivity index (χ1v) is 7.07.